The lowest BCUT2D eigenvalue weighted by atomic mass is 9.62. The summed E-state index contributed by atoms with van der Waals surface area (Å²) in [6.45, 7) is 2.24. The predicted molar refractivity (Wildman–Crippen MR) is 122 cm³/mol. The van der Waals surface area contributed by atoms with Crippen LogP contribution in [0.3, 0.4) is 0 Å². The fraction of sp³-hybridized carbons (Fsp3) is 0.103. The van der Waals surface area contributed by atoms with Crippen LogP contribution in [0.2, 0.25) is 0 Å². The van der Waals surface area contributed by atoms with E-state index in [4.69, 9.17) is 0 Å². The van der Waals surface area contributed by atoms with E-state index in [1.807, 2.05) is 18.2 Å². The molecule has 1 atom stereocenters. The third-order valence-electron chi connectivity index (χ3n) is 5.54. The van der Waals surface area contributed by atoms with Gasteiger partial charge in [-0.25, -0.2) is 0 Å². The monoisotopic (exact) mass is 372 g/mol. The van der Waals surface area contributed by atoms with E-state index in [0.29, 0.717) is 0 Å². The van der Waals surface area contributed by atoms with E-state index in [2.05, 4.69) is 122 Å². The van der Waals surface area contributed by atoms with Crippen LogP contribution in [0, 0.1) is 17.8 Å². The number of benzene rings is 4. The summed E-state index contributed by atoms with van der Waals surface area (Å²) in [5.41, 5.74) is 4.46. The first-order valence-electron chi connectivity index (χ1n) is 10.0. The molecule has 29 heavy (non-hydrogen) atoms. The van der Waals surface area contributed by atoms with Gasteiger partial charge < -0.3 is 0 Å². The van der Waals surface area contributed by atoms with E-state index in [1.54, 1.807) is 0 Å². The zero-order valence-electron chi connectivity index (χ0n) is 16.6. The molecule has 0 saturated carbocycles. The molecule has 0 heteroatoms. The molecule has 0 aromatic heterocycles. The van der Waals surface area contributed by atoms with E-state index in [-0.39, 0.29) is 11.3 Å². The molecular formula is C29H24. The molecule has 140 valence electrons. The molecule has 0 radical (unpaired) electrons. The van der Waals surface area contributed by atoms with E-state index in [0.717, 1.165) is 5.56 Å². The molecule has 0 N–H and O–H groups in total. The Bertz CT molecular complexity index is 989. The minimum atomic E-state index is -0.356. The van der Waals surface area contributed by atoms with Crippen LogP contribution < -0.4 is 0 Å². The lowest BCUT2D eigenvalue weighted by Gasteiger charge is -2.39. The first-order chi connectivity index (χ1) is 14.3. The first kappa shape index (κ1) is 18.8. The Balaban J connectivity index is 1.97. The first-order valence-corrected chi connectivity index (χ1v) is 10.0. The van der Waals surface area contributed by atoms with Crippen LogP contribution in [0.5, 0.6) is 0 Å². The van der Waals surface area contributed by atoms with Crippen LogP contribution in [0.1, 0.15) is 29.2 Å². The quantitative estimate of drug-likeness (QED) is 0.276. The summed E-state index contributed by atoms with van der Waals surface area (Å²) in [6, 6.07) is 42.5. The molecule has 4 aromatic rings. The van der Waals surface area contributed by atoms with Gasteiger partial charge in [0.25, 0.3) is 0 Å². The van der Waals surface area contributed by atoms with Crippen molar-refractivity contribution in [3.8, 4) is 11.8 Å². The zero-order valence-corrected chi connectivity index (χ0v) is 16.6. The standard InChI is InChI=1S/C29H24/c1-24(22-23-25-14-6-2-7-15-25)29(26-16-8-3-9-17-26,27-18-10-4-11-19-27)28-20-12-5-13-21-28/h2-21,24H,1H3/t24-/m1/s1. The predicted octanol–water partition coefficient (Wildman–Crippen LogP) is 6.71. The molecule has 0 saturated heterocycles. The van der Waals surface area contributed by atoms with Gasteiger partial charge in [0.2, 0.25) is 0 Å². The van der Waals surface area contributed by atoms with Crippen LogP contribution in [0.4, 0.5) is 0 Å². The maximum absolute atomic E-state index is 3.59. The highest BCUT2D eigenvalue weighted by atomic mass is 14.4. The third-order valence-corrected chi connectivity index (χ3v) is 5.54. The fourth-order valence-electron chi connectivity index (χ4n) is 4.17. The number of hydrogen-bond donors (Lipinski definition) is 0. The Hall–Kier alpha value is -3.56. The molecule has 0 fully saturated rings. The number of rotatable bonds is 4. The second-order valence-corrected chi connectivity index (χ2v) is 7.26. The molecule has 0 aliphatic heterocycles. The summed E-state index contributed by atoms with van der Waals surface area (Å²) in [4.78, 5) is 0. The summed E-state index contributed by atoms with van der Waals surface area (Å²) in [5, 5.41) is 0. The summed E-state index contributed by atoms with van der Waals surface area (Å²) in [5.74, 6) is 7.06. The molecule has 0 aliphatic carbocycles. The van der Waals surface area contributed by atoms with Crippen LogP contribution in [-0.2, 0) is 5.41 Å². The molecule has 0 aliphatic rings. The van der Waals surface area contributed by atoms with Crippen molar-refractivity contribution in [3.05, 3.63) is 144 Å². The van der Waals surface area contributed by atoms with Crippen molar-refractivity contribution in [1.82, 2.24) is 0 Å². The van der Waals surface area contributed by atoms with E-state index in [1.165, 1.54) is 16.7 Å². The fourth-order valence-corrected chi connectivity index (χ4v) is 4.17. The topological polar surface area (TPSA) is 0 Å². The summed E-state index contributed by atoms with van der Waals surface area (Å²) >= 11 is 0. The van der Waals surface area contributed by atoms with Gasteiger partial charge >= 0.3 is 0 Å². The molecule has 4 aromatic carbocycles. The Morgan fingerprint density at radius 2 is 0.862 bits per heavy atom. The van der Waals surface area contributed by atoms with Gasteiger partial charge in [0, 0.05) is 11.5 Å². The van der Waals surface area contributed by atoms with Crippen molar-refractivity contribution in [2.75, 3.05) is 0 Å². The minimum absolute atomic E-state index is 0.0647. The molecule has 4 rings (SSSR count). The van der Waals surface area contributed by atoms with Gasteiger partial charge in [0.15, 0.2) is 0 Å². The zero-order chi connectivity index (χ0) is 19.9. The highest BCUT2D eigenvalue weighted by molar-refractivity contribution is 5.53. The van der Waals surface area contributed by atoms with E-state index >= 15 is 0 Å². The smallest absolute Gasteiger partial charge is 0.0585 e. The van der Waals surface area contributed by atoms with Crippen molar-refractivity contribution in [3.63, 3.8) is 0 Å². The van der Waals surface area contributed by atoms with Gasteiger partial charge in [-0.2, -0.15) is 0 Å². The molecule has 0 amide bonds. The second-order valence-electron chi connectivity index (χ2n) is 7.26. The average molecular weight is 373 g/mol. The van der Waals surface area contributed by atoms with Gasteiger partial charge in [-0.15, -0.1) is 0 Å². The second kappa shape index (κ2) is 8.63. The van der Waals surface area contributed by atoms with Crippen molar-refractivity contribution >= 4 is 0 Å². The highest BCUT2D eigenvalue weighted by Crippen LogP contribution is 2.45. The van der Waals surface area contributed by atoms with Crippen LogP contribution in [0.25, 0.3) is 0 Å². The van der Waals surface area contributed by atoms with Gasteiger partial charge in [-0.3, -0.25) is 0 Å². The summed E-state index contributed by atoms with van der Waals surface area (Å²) < 4.78 is 0. The van der Waals surface area contributed by atoms with Crippen LogP contribution >= 0.6 is 0 Å². The number of hydrogen-bond acceptors (Lipinski definition) is 0. The van der Waals surface area contributed by atoms with Gasteiger partial charge in [-0.1, -0.05) is 121 Å². The van der Waals surface area contributed by atoms with Gasteiger partial charge in [0.05, 0.1) is 5.41 Å². The largest absolute Gasteiger partial charge is 0.0931 e. The molecule has 0 unspecified atom stereocenters. The maximum Gasteiger partial charge on any atom is 0.0585 e. The van der Waals surface area contributed by atoms with E-state index < -0.39 is 0 Å². The normalized spacial score (nSPS) is 11.9. The van der Waals surface area contributed by atoms with Crippen molar-refractivity contribution in [1.29, 1.82) is 0 Å². The van der Waals surface area contributed by atoms with Crippen LogP contribution in [0.15, 0.2) is 121 Å². The Morgan fingerprint density at radius 3 is 1.24 bits per heavy atom. The molecule has 0 nitrogen and oxygen atoms in total. The maximum atomic E-state index is 3.59. The Labute approximate surface area is 173 Å². The summed E-state index contributed by atoms with van der Waals surface area (Å²) in [6.07, 6.45) is 0. The lowest BCUT2D eigenvalue weighted by Crippen LogP contribution is -2.36. The molecule has 0 heterocycles. The van der Waals surface area contributed by atoms with Crippen LogP contribution in [-0.4, -0.2) is 0 Å². The van der Waals surface area contributed by atoms with Crippen molar-refractivity contribution in [2.24, 2.45) is 5.92 Å². The average Bonchev–Trinajstić information content (AvgIpc) is 2.81. The lowest BCUT2D eigenvalue weighted by molar-refractivity contribution is 0.496. The summed E-state index contributed by atoms with van der Waals surface area (Å²) in [7, 11) is 0. The van der Waals surface area contributed by atoms with Crippen molar-refractivity contribution in [2.45, 2.75) is 12.3 Å². The SMILES string of the molecule is C[C@H](C#Cc1ccccc1)C(c1ccccc1)(c1ccccc1)c1ccccc1. The Kier molecular flexibility index (Phi) is 5.59. The van der Waals surface area contributed by atoms with E-state index in [9.17, 15) is 0 Å². The van der Waals surface area contributed by atoms with Crippen molar-refractivity contribution < 1.29 is 0 Å². The minimum Gasteiger partial charge on any atom is -0.0931 e. The Morgan fingerprint density at radius 1 is 0.517 bits per heavy atom. The molecular weight excluding hydrogens is 348 g/mol. The van der Waals surface area contributed by atoms with Gasteiger partial charge in [-0.05, 0) is 35.7 Å². The third kappa shape index (κ3) is 3.73. The molecule has 0 bridgehead atoms. The highest BCUT2D eigenvalue weighted by Gasteiger charge is 2.40. The van der Waals surface area contributed by atoms with Gasteiger partial charge in [0.1, 0.15) is 0 Å². The molecule has 0 spiro atoms.